The number of benzene rings is 4. The van der Waals surface area contributed by atoms with Crippen LogP contribution in [0.15, 0.2) is 60.7 Å². The maximum atomic E-state index is 11.7. The van der Waals surface area contributed by atoms with Crippen LogP contribution in [0.25, 0.3) is 32.7 Å². The first kappa shape index (κ1) is 24.1. The van der Waals surface area contributed by atoms with Gasteiger partial charge in [-0.3, -0.25) is 0 Å². The Balaban J connectivity index is 2.23. The molecule has 0 spiro atoms. The summed E-state index contributed by atoms with van der Waals surface area (Å²) in [6.45, 7) is 7.59. The van der Waals surface area contributed by atoms with Crippen molar-refractivity contribution in [1.29, 1.82) is 0 Å². The molecule has 4 rings (SSSR count). The van der Waals surface area contributed by atoms with Crippen molar-refractivity contribution < 1.29 is 20.4 Å². The van der Waals surface area contributed by atoms with Gasteiger partial charge in [-0.05, 0) is 59.4 Å². The fraction of sp³-hybridized carbons (Fsp3) is 0.333. The number of phenols is 2. The van der Waals surface area contributed by atoms with Gasteiger partial charge in [0.1, 0.15) is 11.5 Å². The van der Waals surface area contributed by atoms with Crippen LogP contribution in [0.5, 0.6) is 11.5 Å². The van der Waals surface area contributed by atoms with Gasteiger partial charge in [0.05, 0.1) is 11.2 Å². The molecule has 0 aliphatic heterocycles. The lowest BCUT2D eigenvalue weighted by Gasteiger charge is -2.30. The van der Waals surface area contributed by atoms with Gasteiger partial charge in [-0.15, -0.1) is 0 Å². The van der Waals surface area contributed by atoms with E-state index in [0.717, 1.165) is 21.5 Å². The second-order valence-corrected chi connectivity index (χ2v) is 9.22. The molecule has 0 aromatic heterocycles. The van der Waals surface area contributed by atoms with E-state index in [9.17, 15) is 20.4 Å². The van der Waals surface area contributed by atoms with Gasteiger partial charge < -0.3 is 20.4 Å². The number of fused-ring (bicyclic) bond motifs is 2. The topological polar surface area (TPSA) is 80.9 Å². The zero-order chi connectivity index (χ0) is 24.7. The van der Waals surface area contributed by atoms with E-state index in [4.69, 9.17) is 0 Å². The summed E-state index contributed by atoms with van der Waals surface area (Å²) >= 11 is 0. The van der Waals surface area contributed by atoms with Gasteiger partial charge in [-0.25, -0.2) is 0 Å². The van der Waals surface area contributed by atoms with Crippen molar-refractivity contribution in [3.8, 4) is 22.6 Å². The summed E-state index contributed by atoms with van der Waals surface area (Å²) < 4.78 is 0. The molecule has 0 saturated heterocycles. The maximum absolute atomic E-state index is 11.7. The van der Waals surface area contributed by atoms with E-state index in [2.05, 4.69) is 0 Å². The van der Waals surface area contributed by atoms with E-state index in [-0.39, 0.29) is 11.5 Å². The minimum atomic E-state index is -1.21. The Morgan fingerprint density at radius 1 is 0.559 bits per heavy atom. The molecule has 0 heterocycles. The quantitative estimate of drug-likeness (QED) is 0.238. The van der Waals surface area contributed by atoms with E-state index in [1.54, 1.807) is 0 Å². The maximum Gasteiger partial charge on any atom is 0.130 e. The van der Waals surface area contributed by atoms with E-state index in [1.807, 2.05) is 88.4 Å². The van der Waals surface area contributed by atoms with Crippen molar-refractivity contribution in [2.45, 2.75) is 64.6 Å². The molecule has 0 radical (unpaired) electrons. The van der Waals surface area contributed by atoms with E-state index in [0.29, 0.717) is 47.9 Å². The monoisotopic (exact) mass is 458 g/mol. The predicted molar refractivity (Wildman–Crippen MR) is 139 cm³/mol. The van der Waals surface area contributed by atoms with Gasteiger partial charge in [0.2, 0.25) is 0 Å². The first-order valence-electron chi connectivity index (χ1n) is 12.2. The molecule has 0 saturated carbocycles. The van der Waals surface area contributed by atoms with Crippen molar-refractivity contribution in [1.82, 2.24) is 0 Å². The number of aliphatic hydroxyl groups is 2. The van der Waals surface area contributed by atoms with Crippen LogP contribution in [0.4, 0.5) is 0 Å². The van der Waals surface area contributed by atoms with Crippen LogP contribution in [-0.2, 0) is 11.2 Å². The molecule has 0 amide bonds. The lowest BCUT2D eigenvalue weighted by molar-refractivity contribution is 0.0257. The van der Waals surface area contributed by atoms with Crippen LogP contribution in [0.2, 0.25) is 0 Å². The number of phenolic OH excluding ortho intramolecular Hbond substituents is 2. The van der Waals surface area contributed by atoms with Crippen molar-refractivity contribution in [3.05, 3.63) is 71.8 Å². The predicted octanol–water partition coefficient (Wildman–Crippen LogP) is 7.09. The third kappa shape index (κ3) is 3.62. The van der Waals surface area contributed by atoms with Crippen LogP contribution in [0, 0.1) is 0 Å². The second-order valence-electron chi connectivity index (χ2n) is 9.22. The summed E-state index contributed by atoms with van der Waals surface area (Å²) in [4.78, 5) is 0. The Hall–Kier alpha value is -3.08. The zero-order valence-electron chi connectivity index (χ0n) is 20.4. The summed E-state index contributed by atoms with van der Waals surface area (Å²) in [5.74, 6) is -0.0851. The molecule has 0 atom stereocenters. The molecule has 0 unspecified atom stereocenters. The number of hydrogen-bond donors (Lipinski definition) is 4. The Morgan fingerprint density at radius 3 is 1.21 bits per heavy atom. The third-order valence-electron chi connectivity index (χ3n) is 7.64. The van der Waals surface area contributed by atoms with Crippen molar-refractivity contribution in [2.75, 3.05) is 0 Å². The van der Waals surface area contributed by atoms with Gasteiger partial charge in [-0.1, -0.05) is 76.2 Å². The highest BCUT2D eigenvalue weighted by Crippen LogP contribution is 2.52. The van der Waals surface area contributed by atoms with Gasteiger partial charge in [0.15, 0.2) is 0 Å². The Labute approximate surface area is 201 Å². The zero-order valence-corrected chi connectivity index (χ0v) is 20.4. The van der Waals surface area contributed by atoms with Crippen molar-refractivity contribution in [3.63, 3.8) is 0 Å². The summed E-state index contributed by atoms with van der Waals surface area (Å²) in [5.41, 5.74) is -0.585. The normalized spacial score (nSPS) is 12.5. The smallest absolute Gasteiger partial charge is 0.130 e. The lowest BCUT2D eigenvalue weighted by Crippen LogP contribution is -2.24. The number of aromatic hydroxyl groups is 2. The van der Waals surface area contributed by atoms with Gasteiger partial charge in [0, 0.05) is 22.3 Å². The molecule has 4 heteroatoms. The van der Waals surface area contributed by atoms with Crippen LogP contribution in [-0.4, -0.2) is 20.4 Å². The highest BCUT2D eigenvalue weighted by atomic mass is 16.3. The molecular formula is C30H34O4. The lowest BCUT2D eigenvalue weighted by atomic mass is 9.80. The van der Waals surface area contributed by atoms with Crippen LogP contribution < -0.4 is 0 Å². The molecule has 4 aromatic rings. The number of rotatable bonds is 7. The summed E-state index contributed by atoms with van der Waals surface area (Å²) in [5, 5.41) is 49.4. The molecule has 4 nitrogen and oxygen atoms in total. The summed E-state index contributed by atoms with van der Waals surface area (Å²) in [6.07, 6.45) is 1.75. The Morgan fingerprint density at radius 2 is 0.882 bits per heavy atom. The second kappa shape index (κ2) is 8.94. The highest BCUT2D eigenvalue weighted by Gasteiger charge is 2.34. The van der Waals surface area contributed by atoms with Gasteiger partial charge in [0.25, 0.3) is 0 Å². The van der Waals surface area contributed by atoms with Crippen molar-refractivity contribution in [2.24, 2.45) is 0 Å². The van der Waals surface area contributed by atoms with Crippen molar-refractivity contribution >= 4 is 21.5 Å². The largest absolute Gasteiger partial charge is 0.507 e. The Kier molecular flexibility index (Phi) is 6.32. The van der Waals surface area contributed by atoms with E-state index in [1.165, 1.54) is 0 Å². The number of hydrogen-bond acceptors (Lipinski definition) is 4. The SMILES string of the molecule is CCC(O)(CC)c1cc2ccccc2c(-c2c(O)c(C(O)(CC)CC)cc3ccccc23)c1O. The summed E-state index contributed by atoms with van der Waals surface area (Å²) in [6, 6.07) is 19.1. The average Bonchev–Trinajstić information content (AvgIpc) is 2.87. The van der Waals surface area contributed by atoms with Crippen LogP contribution in [0.3, 0.4) is 0 Å². The standard InChI is InChI=1S/C30H34O4/c1-5-29(33,6-2)23-17-19-13-9-11-15-21(19)25(27(23)31)26-22-16-12-10-14-20(22)18-24(28(26)32)30(34,7-3)8-4/h9-18,31-34H,5-8H2,1-4H3. The minimum absolute atomic E-state index is 0.0426. The first-order valence-corrected chi connectivity index (χ1v) is 12.2. The Bertz CT molecular complexity index is 1240. The molecule has 0 aliphatic carbocycles. The van der Waals surface area contributed by atoms with E-state index < -0.39 is 11.2 Å². The fourth-order valence-corrected chi connectivity index (χ4v) is 5.15. The molecule has 178 valence electrons. The van der Waals surface area contributed by atoms with E-state index >= 15 is 0 Å². The molecule has 0 aliphatic rings. The molecule has 0 fully saturated rings. The van der Waals surface area contributed by atoms with Crippen LogP contribution >= 0.6 is 0 Å². The molecule has 0 bridgehead atoms. The first-order chi connectivity index (χ1) is 16.2. The fourth-order valence-electron chi connectivity index (χ4n) is 5.15. The summed E-state index contributed by atoms with van der Waals surface area (Å²) in [7, 11) is 0. The van der Waals surface area contributed by atoms with Gasteiger partial charge in [-0.2, -0.15) is 0 Å². The molecular weight excluding hydrogens is 424 g/mol. The average molecular weight is 459 g/mol. The molecule has 34 heavy (non-hydrogen) atoms. The third-order valence-corrected chi connectivity index (χ3v) is 7.64. The van der Waals surface area contributed by atoms with Gasteiger partial charge >= 0.3 is 0 Å². The highest BCUT2D eigenvalue weighted by molar-refractivity contribution is 6.10. The molecule has 4 aromatic carbocycles. The molecule has 4 N–H and O–H groups in total. The van der Waals surface area contributed by atoms with Crippen LogP contribution in [0.1, 0.15) is 64.5 Å². The minimum Gasteiger partial charge on any atom is -0.507 e.